The zero-order chi connectivity index (χ0) is 17.0. The van der Waals surface area contributed by atoms with Gasteiger partial charge in [-0.1, -0.05) is 13.0 Å². The number of likely N-dealkylation sites (N-methyl/N-ethyl adjacent to an activating group) is 1. The first kappa shape index (κ1) is 18.9. The quantitative estimate of drug-likeness (QED) is 0.547. The second-order valence-electron chi connectivity index (χ2n) is 6.29. The van der Waals surface area contributed by atoms with E-state index in [0.717, 1.165) is 18.4 Å². The number of hydrogen-bond donors (Lipinski definition) is 1. The van der Waals surface area contributed by atoms with Crippen LogP contribution in [0.5, 0.6) is 0 Å². The minimum Gasteiger partial charge on any atom is -0.478 e. The lowest BCUT2D eigenvalue weighted by molar-refractivity contribution is -0.132. The maximum absolute atomic E-state index is 11.4. The number of allylic oxidation sites excluding steroid dienone is 1. The molecule has 4 unspecified atom stereocenters. The molecule has 1 aliphatic rings. The predicted octanol–water partition coefficient (Wildman–Crippen LogP) is 2.10. The first-order valence-electron chi connectivity index (χ1n) is 7.54. The smallest absolute Gasteiger partial charge is 0.335 e. The first-order valence-corrected chi connectivity index (χ1v) is 9.05. The Kier molecular flexibility index (Phi) is 6.81. The number of aliphatic carboxylic acids is 1. The first-order chi connectivity index (χ1) is 10.1. The molecule has 0 saturated heterocycles. The van der Waals surface area contributed by atoms with Gasteiger partial charge in [-0.15, -0.1) is 0 Å². The molecule has 0 aromatic carbocycles. The number of nitrogens with zero attached hydrogens (tertiary/aromatic N) is 2. The van der Waals surface area contributed by atoms with Crippen LogP contribution in [0.25, 0.3) is 0 Å². The molecule has 0 radical (unpaired) electrons. The molecular weight excluding hydrogens is 300 g/mol. The monoisotopic (exact) mass is 328 g/mol. The van der Waals surface area contributed by atoms with Crippen LogP contribution in [0.4, 0.5) is 0 Å². The van der Waals surface area contributed by atoms with Crippen molar-refractivity contribution in [2.75, 3.05) is 26.9 Å². The summed E-state index contributed by atoms with van der Waals surface area (Å²) in [6.45, 7) is 7.00. The van der Waals surface area contributed by atoms with Gasteiger partial charge in [-0.2, -0.15) is 0 Å². The Bertz CT molecular complexity index is 502. The summed E-state index contributed by atoms with van der Waals surface area (Å²) in [6.07, 6.45) is 6.16. The van der Waals surface area contributed by atoms with Crippen molar-refractivity contribution < 1.29 is 14.1 Å². The molecule has 1 saturated carbocycles. The largest absolute Gasteiger partial charge is 0.478 e. The van der Waals surface area contributed by atoms with Gasteiger partial charge in [0.2, 0.25) is 0 Å². The molecule has 5 nitrogen and oxygen atoms in total. The van der Waals surface area contributed by atoms with Crippen LogP contribution in [0.15, 0.2) is 23.4 Å². The molecule has 0 bridgehead atoms. The topological polar surface area (TPSA) is 60.9 Å². The van der Waals surface area contributed by atoms with Crippen molar-refractivity contribution in [3.8, 4) is 0 Å². The Labute approximate surface area is 136 Å². The van der Waals surface area contributed by atoms with Crippen molar-refractivity contribution in [1.29, 1.82) is 0 Å². The van der Waals surface area contributed by atoms with E-state index in [2.05, 4.69) is 11.8 Å². The van der Waals surface area contributed by atoms with Crippen LogP contribution >= 0.6 is 0 Å². The summed E-state index contributed by atoms with van der Waals surface area (Å²) in [6, 6.07) is 0.0420. The zero-order valence-corrected chi connectivity index (χ0v) is 15.2. The number of rotatable bonds is 8. The summed E-state index contributed by atoms with van der Waals surface area (Å²) in [5.41, 5.74) is 0.901. The summed E-state index contributed by atoms with van der Waals surface area (Å²) < 4.78 is 13.0. The minimum atomic E-state index is -1.16. The van der Waals surface area contributed by atoms with Gasteiger partial charge in [0.25, 0.3) is 0 Å². The molecule has 0 heterocycles. The molecule has 6 heteroatoms. The second kappa shape index (κ2) is 7.92. The number of hydrogen-bond acceptors (Lipinski definition) is 3. The Balaban J connectivity index is 2.82. The third-order valence-electron chi connectivity index (χ3n) is 4.41. The molecule has 1 fully saturated rings. The summed E-state index contributed by atoms with van der Waals surface area (Å²) in [4.78, 5) is 13.6. The number of carbonyl (C=O) groups is 1. The van der Waals surface area contributed by atoms with Gasteiger partial charge < -0.3 is 5.11 Å². The normalized spacial score (nSPS) is 25.0. The third kappa shape index (κ3) is 5.57. The SMILES string of the molecule is C/C(=C\C(=C/C(C)N(C)CC1CC1C)C(=O)O)N(C)S(C)=O. The fraction of sp³-hybridized carbons (Fsp3) is 0.688. The van der Waals surface area contributed by atoms with E-state index < -0.39 is 17.0 Å². The van der Waals surface area contributed by atoms with Gasteiger partial charge in [0, 0.05) is 31.6 Å². The van der Waals surface area contributed by atoms with E-state index >= 15 is 0 Å². The average molecular weight is 328 g/mol. The van der Waals surface area contributed by atoms with Crippen LogP contribution < -0.4 is 0 Å². The molecule has 1 aliphatic carbocycles. The minimum absolute atomic E-state index is 0.0420. The van der Waals surface area contributed by atoms with Gasteiger partial charge in [-0.05, 0) is 45.2 Å². The summed E-state index contributed by atoms with van der Waals surface area (Å²) >= 11 is 0. The predicted molar refractivity (Wildman–Crippen MR) is 90.7 cm³/mol. The van der Waals surface area contributed by atoms with E-state index in [0.29, 0.717) is 5.70 Å². The van der Waals surface area contributed by atoms with Crippen LogP contribution in [0.2, 0.25) is 0 Å². The lowest BCUT2D eigenvalue weighted by Gasteiger charge is -2.22. The van der Waals surface area contributed by atoms with Crippen molar-refractivity contribution in [2.45, 2.75) is 33.2 Å². The van der Waals surface area contributed by atoms with Crippen molar-refractivity contribution >= 4 is 17.0 Å². The average Bonchev–Trinajstić information content (AvgIpc) is 3.11. The molecule has 0 aromatic heterocycles. The second-order valence-corrected chi connectivity index (χ2v) is 7.68. The maximum atomic E-state index is 11.4. The maximum Gasteiger partial charge on any atom is 0.335 e. The van der Waals surface area contributed by atoms with Crippen molar-refractivity contribution in [3.63, 3.8) is 0 Å². The Hall–Kier alpha value is -1.14. The van der Waals surface area contributed by atoms with Crippen LogP contribution in [0, 0.1) is 11.8 Å². The fourth-order valence-electron chi connectivity index (χ4n) is 2.28. The van der Waals surface area contributed by atoms with Gasteiger partial charge in [-0.3, -0.25) is 9.21 Å². The Morgan fingerprint density at radius 3 is 2.41 bits per heavy atom. The highest BCUT2D eigenvalue weighted by Gasteiger charge is 2.33. The van der Waals surface area contributed by atoms with Crippen molar-refractivity contribution in [1.82, 2.24) is 9.21 Å². The van der Waals surface area contributed by atoms with Gasteiger partial charge >= 0.3 is 5.97 Å². The zero-order valence-electron chi connectivity index (χ0n) is 14.4. The van der Waals surface area contributed by atoms with Gasteiger partial charge in [-0.25, -0.2) is 9.00 Å². The molecule has 0 aromatic rings. The molecule has 1 N–H and O–H groups in total. The van der Waals surface area contributed by atoms with Gasteiger partial charge in [0.1, 0.15) is 11.0 Å². The van der Waals surface area contributed by atoms with Crippen LogP contribution in [-0.4, -0.2) is 57.4 Å². The number of carboxylic acid groups (broad SMARTS) is 1. The van der Waals surface area contributed by atoms with Crippen molar-refractivity contribution in [3.05, 3.63) is 23.4 Å². The summed E-state index contributed by atoms with van der Waals surface area (Å²) in [5.74, 6) is 0.558. The van der Waals surface area contributed by atoms with Crippen LogP contribution in [-0.2, 0) is 15.8 Å². The van der Waals surface area contributed by atoms with E-state index in [-0.39, 0.29) is 11.6 Å². The van der Waals surface area contributed by atoms with E-state index in [1.165, 1.54) is 6.42 Å². The molecule has 4 atom stereocenters. The van der Waals surface area contributed by atoms with Gasteiger partial charge in [0.15, 0.2) is 0 Å². The highest BCUT2D eigenvalue weighted by Crippen LogP contribution is 2.38. The molecule has 22 heavy (non-hydrogen) atoms. The highest BCUT2D eigenvalue weighted by atomic mass is 32.2. The van der Waals surface area contributed by atoms with E-state index in [1.807, 2.05) is 14.0 Å². The summed E-state index contributed by atoms with van der Waals surface area (Å²) in [5, 5.41) is 9.38. The molecular formula is C16H28N2O3S. The Morgan fingerprint density at radius 2 is 2.00 bits per heavy atom. The van der Waals surface area contributed by atoms with E-state index in [4.69, 9.17) is 0 Å². The molecule has 0 spiro atoms. The van der Waals surface area contributed by atoms with Crippen LogP contribution in [0.3, 0.4) is 0 Å². The third-order valence-corrected chi connectivity index (χ3v) is 5.47. The highest BCUT2D eigenvalue weighted by molar-refractivity contribution is 7.81. The number of carboxylic acids is 1. The summed E-state index contributed by atoms with van der Waals surface area (Å²) in [7, 11) is 2.55. The fourth-order valence-corrected chi connectivity index (χ4v) is 2.73. The standard InChI is InChI=1S/C16H28N2O3S/c1-11-7-15(11)10-17(4)12(2)8-14(16(19)20)9-13(3)18(5)22(6)21/h8-9,11-12,15H,7,10H2,1-6H3,(H,19,20)/b13-9+,14-8+. The van der Waals surface area contributed by atoms with Crippen molar-refractivity contribution in [2.24, 2.45) is 11.8 Å². The van der Waals surface area contributed by atoms with E-state index in [9.17, 15) is 14.1 Å². The lowest BCUT2D eigenvalue weighted by Crippen LogP contribution is -2.30. The molecule has 1 rings (SSSR count). The Morgan fingerprint density at radius 1 is 1.45 bits per heavy atom. The molecule has 0 aliphatic heterocycles. The van der Waals surface area contributed by atoms with Gasteiger partial charge in [0.05, 0.1) is 5.57 Å². The van der Waals surface area contributed by atoms with E-state index in [1.54, 1.807) is 36.7 Å². The molecule has 126 valence electrons. The lowest BCUT2D eigenvalue weighted by atomic mass is 10.1. The van der Waals surface area contributed by atoms with Crippen LogP contribution in [0.1, 0.15) is 27.2 Å². The molecule has 0 amide bonds.